The molecule has 13 heavy (non-hydrogen) atoms. The summed E-state index contributed by atoms with van der Waals surface area (Å²) in [5.74, 6) is 0.543. The zero-order valence-electron chi connectivity index (χ0n) is 10.1. The average molecular weight is 187 g/mol. The number of hydrogen-bond donors (Lipinski definition) is 1. The van der Waals surface area contributed by atoms with E-state index >= 15 is 0 Å². The van der Waals surface area contributed by atoms with Gasteiger partial charge in [0.1, 0.15) is 0 Å². The van der Waals surface area contributed by atoms with Gasteiger partial charge < -0.3 is 10.1 Å². The second-order valence-corrected chi connectivity index (χ2v) is 5.08. The van der Waals surface area contributed by atoms with Crippen molar-refractivity contribution in [2.75, 3.05) is 14.2 Å². The van der Waals surface area contributed by atoms with Crippen LogP contribution in [-0.2, 0) is 4.74 Å². The first-order chi connectivity index (χ1) is 5.84. The maximum atomic E-state index is 5.53. The molecule has 2 atom stereocenters. The van der Waals surface area contributed by atoms with E-state index in [0.29, 0.717) is 12.0 Å². The third kappa shape index (κ3) is 3.65. The predicted molar refractivity (Wildman–Crippen MR) is 57.9 cm³/mol. The molecule has 0 saturated carbocycles. The fourth-order valence-electron chi connectivity index (χ4n) is 1.88. The zero-order chi connectivity index (χ0) is 10.6. The Hall–Kier alpha value is -0.0800. The molecular formula is C11H25NO. The van der Waals surface area contributed by atoms with Gasteiger partial charge in [-0.05, 0) is 18.4 Å². The number of hydrogen-bond acceptors (Lipinski definition) is 2. The molecule has 0 aromatic rings. The van der Waals surface area contributed by atoms with Crippen LogP contribution in [0.3, 0.4) is 0 Å². The van der Waals surface area contributed by atoms with Crippen molar-refractivity contribution in [2.24, 2.45) is 11.3 Å². The SMILES string of the molecule is CNC(C(OC)C(C)C)C(C)(C)C. The van der Waals surface area contributed by atoms with Crippen molar-refractivity contribution in [3.63, 3.8) is 0 Å². The summed E-state index contributed by atoms with van der Waals surface area (Å²) in [7, 11) is 3.80. The Morgan fingerprint density at radius 3 is 1.69 bits per heavy atom. The van der Waals surface area contributed by atoms with Gasteiger partial charge in [0.25, 0.3) is 0 Å². The van der Waals surface area contributed by atoms with E-state index in [0.717, 1.165) is 0 Å². The smallest absolute Gasteiger partial charge is 0.0752 e. The Morgan fingerprint density at radius 2 is 1.62 bits per heavy atom. The summed E-state index contributed by atoms with van der Waals surface area (Å²) in [5, 5.41) is 3.35. The van der Waals surface area contributed by atoms with Gasteiger partial charge in [0.2, 0.25) is 0 Å². The van der Waals surface area contributed by atoms with E-state index in [-0.39, 0.29) is 11.5 Å². The van der Waals surface area contributed by atoms with Crippen molar-refractivity contribution in [3.8, 4) is 0 Å². The van der Waals surface area contributed by atoms with E-state index in [9.17, 15) is 0 Å². The molecule has 0 heterocycles. The van der Waals surface area contributed by atoms with Crippen molar-refractivity contribution < 1.29 is 4.74 Å². The maximum absolute atomic E-state index is 5.53. The van der Waals surface area contributed by atoms with E-state index in [2.05, 4.69) is 39.9 Å². The highest BCUT2D eigenvalue weighted by molar-refractivity contribution is 4.87. The highest BCUT2D eigenvalue weighted by Crippen LogP contribution is 2.26. The lowest BCUT2D eigenvalue weighted by Crippen LogP contribution is -2.50. The summed E-state index contributed by atoms with van der Waals surface area (Å²) < 4.78 is 5.53. The molecule has 0 aliphatic rings. The van der Waals surface area contributed by atoms with Crippen LogP contribution in [0.5, 0.6) is 0 Å². The molecule has 80 valence electrons. The molecule has 0 aliphatic carbocycles. The Balaban J connectivity index is 4.53. The summed E-state index contributed by atoms with van der Waals surface area (Å²) in [6, 6.07) is 0.400. The van der Waals surface area contributed by atoms with Crippen molar-refractivity contribution in [1.29, 1.82) is 0 Å². The molecule has 2 nitrogen and oxygen atoms in total. The fraction of sp³-hybridized carbons (Fsp3) is 1.00. The highest BCUT2D eigenvalue weighted by atomic mass is 16.5. The minimum absolute atomic E-state index is 0.236. The van der Waals surface area contributed by atoms with Crippen molar-refractivity contribution in [1.82, 2.24) is 5.32 Å². The van der Waals surface area contributed by atoms with Crippen LogP contribution in [0.25, 0.3) is 0 Å². The second-order valence-electron chi connectivity index (χ2n) is 5.08. The van der Waals surface area contributed by atoms with Crippen molar-refractivity contribution in [2.45, 2.75) is 46.8 Å². The third-order valence-corrected chi connectivity index (χ3v) is 2.50. The van der Waals surface area contributed by atoms with Gasteiger partial charge in [-0.3, -0.25) is 0 Å². The van der Waals surface area contributed by atoms with Crippen molar-refractivity contribution >= 4 is 0 Å². The summed E-state index contributed by atoms with van der Waals surface area (Å²) in [6.07, 6.45) is 0.282. The average Bonchev–Trinajstić information content (AvgIpc) is 1.96. The maximum Gasteiger partial charge on any atom is 0.0752 e. The number of methoxy groups -OCH3 is 1. The zero-order valence-corrected chi connectivity index (χ0v) is 10.1. The number of ether oxygens (including phenoxy) is 1. The predicted octanol–water partition coefficient (Wildman–Crippen LogP) is 2.29. The first kappa shape index (κ1) is 12.9. The van der Waals surface area contributed by atoms with Gasteiger partial charge in [-0.1, -0.05) is 34.6 Å². The molecule has 0 aromatic carbocycles. The topological polar surface area (TPSA) is 21.3 Å². The lowest BCUT2D eigenvalue weighted by molar-refractivity contribution is 0.00163. The van der Waals surface area contributed by atoms with Crippen LogP contribution in [0.4, 0.5) is 0 Å². The lowest BCUT2D eigenvalue weighted by Gasteiger charge is -2.38. The lowest BCUT2D eigenvalue weighted by atomic mass is 9.80. The quantitative estimate of drug-likeness (QED) is 0.729. The molecule has 0 spiro atoms. The Kier molecular flexibility index (Phi) is 4.93. The minimum Gasteiger partial charge on any atom is -0.380 e. The first-order valence-corrected chi connectivity index (χ1v) is 5.04. The third-order valence-electron chi connectivity index (χ3n) is 2.50. The van der Waals surface area contributed by atoms with Crippen LogP contribution in [-0.4, -0.2) is 26.3 Å². The molecule has 0 aliphatic heterocycles. The monoisotopic (exact) mass is 187 g/mol. The summed E-state index contributed by atoms with van der Waals surface area (Å²) >= 11 is 0. The molecule has 2 unspecified atom stereocenters. The molecule has 0 rings (SSSR count). The van der Waals surface area contributed by atoms with Gasteiger partial charge in [-0.25, -0.2) is 0 Å². The van der Waals surface area contributed by atoms with Crippen LogP contribution in [0, 0.1) is 11.3 Å². The standard InChI is InChI=1S/C11H25NO/c1-8(2)9(13-7)10(12-6)11(3,4)5/h8-10,12H,1-7H3. The second kappa shape index (κ2) is 4.97. The van der Waals surface area contributed by atoms with Gasteiger partial charge in [-0.2, -0.15) is 0 Å². The largest absolute Gasteiger partial charge is 0.380 e. The molecular weight excluding hydrogens is 162 g/mol. The molecule has 0 aromatic heterocycles. The van der Waals surface area contributed by atoms with Crippen molar-refractivity contribution in [3.05, 3.63) is 0 Å². The highest BCUT2D eigenvalue weighted by Gasteiger charge is 2.32. The molecule has 0 fully saturated rings. The van der Waals surface area contributed by atoms with Crippen LogP contribution in [0.1, 0.15) is 34.6 Å². The molecule has 0 amide bonds. The number of likely N-dealkylation sites (N-methyl/N-ethyl adjacent to an activating group) is 1. The van der Waals surface area contributed by atoms with Gasteiger partial charge >= 0.3 is 0 Å². The molecule has 1 N–H and O–H groups in total. The van der Waals surface area contributed by atoms with E-state index in [4.69, 9.17) is 4.74 Å². The van der Waals surface area contributed by atoms with Crippen LogP contribution < -0.4 is 5.32 Å². The van der Waals surface area contributed by atoms with E-state index in [1.165, 1.54) is 0 Å². The van der Waals surface area contributed by atoms with Crippen LogP contribution in [0.2, 0.25) is 0 Å². The Labute approximate surface area is 83.1 Å². The first-order valence-electron chi connectivity index (χ1n) is 5.04. The normalized spacial score (nSPS) is 17.5. The van der Waals surface area contributed by atoms with E-state index < -0.39 is 0 Å². The van der Waals surface area contributed by atoms with E-state index in [1.54, 1.807) is 7.11 Å². The fourth-order valence-corrected chi connectivity index (χ4v) is 1.88. The van der Waals surface area contributed by atoms with Gasteiger partial charge in [0.15, 0.2) is 0 Å². The van der Waals surface area contributed by atoms with Gasteiger partial charge in [0, 0.05) is 13.2 Å². The minimum atomic E-state index is 0.236. The van der Waals surface area contributed by atoms with Crippen LogP contribution in [0.15, 0.2) is 0 Å². The molecule has 0 radical (unpaired) electrons. The summed E-state index contributed by atoms with van der Waals surface area (Å²) in [4.78, 5) is 0. The van der Waals surface area contributed by atoms with E-state index in [1.807, 2.05) is 7.05 Å². The Bertz CT molecular complexity index is 138. The summed E-state index contributed by atoms with van der Waals surface area (Å²) in [6.45, 7) is 11.1. The molecule has 2 heteroatoms. The van der Waals surface area contributed by atoms with Gasteiger partial charge in [-0.15, -0.1) is 0 Å². The molecule has 0 saturated heterocycles. The Morgan fingerprint density at radius 1 is 1.15 bits per heavy atom. The van der Waals surface area contributed by atoms with Gasteiger partial charge in [0.05, 0.1) is 6.10 Å². The number of rotatable bonds is 4. The molecule has 0 bridgehead atoms. The van der Waals surface area contributed by atoms with Crippen LogP contribution >= 0.6 is 0 Å². The number of nitrogens with one attached hydrogen (secondary N) is 1. The summed E-state index contributed by atoms with van der Waals surface area (Å²) in [5.41, 5.74) is 0.236.